The van der Waals surface area contributed by atoms with Gasteiger partial charge in [-0.2, -0.15) is 0 Å². The number of ketones is 1. The lowest BCUT2D eigenvalue weighted by molar-refractivity contribution is 0.0966. The van der Waals surface area contributed by atoms with E-state index in [4.69, 9.17) is 0 Å². The van der Waals surface area contributed by atoms with Gasteiger partial charge in [-0.05, 0) is 6.42 Å². The average molecular weight is 292 g/mol. The monoisotopic (exact) mass is 292 g/mol. The van der Waals surface area contributed by atoms with Crippen molar-refractivity contribution in [3.05, 3.63) is 18.2 Å². The first-order valence-electron chi connectivity index (χ1n) is 8.76. The maximum absolute atomic E-state index is 11.9. The SMILES string of the molecule is CCCCCCCCCCCCCC(=O)c1nccn1C. The molecule has 0 saturated heterocycles. The summed E-state index contributed by atoms with van der Waals surface area (Å²) < 4.78 is 1.81. The molecule has 0 spiro atoms. The predicted octanol–water partition coefficient (Wildman–Crippen LogP) is 5.30. The van der Waals surface area contributed by atoms with Crippen LogP contribution in [-0.2, 0) is 7.05 Å². The zero-order chi connectivity index (χ0) is 15.3. The second-order valence-corrected chi connectivity index (χ2v) is 6.07. The summed E-state index contributed by atoms with van der Waals surface area (Å²) in [5, 5.41) is 0. The molecule has 1 rings (SSSR count). The Bertz CT molecular complexity index is 384. The van der Waals surface area contributed by atoms with Gasteiger partial charge in [-0.15, -0.1) is 0 Å². The minimum Gasteiger partial charge on any atom is -0.332 e. The van der Waals surface area contributed by atoms with Crippen LogP contribution in [0.5, 0.6) is 0 Å². The fourth-order valence-corrected chi connectivity index (χ4v) is 2.70. The van der Waals surface area contributed by atoms with Crippen molar-refractivity contribution < 1.29 is 4.79 Å². The van der Waals surface area contributed by atoms with E-state index in [0.29, 0.717) is 12.2 Å². The number of carbonyl (C=O) groups is 1. The van der Waals surface area contributed by atoms with E-state index in [1.807, 2.05) is 13.2 Å². The highest BCUT2D eigenvalue weighted by molar-refractivity contribution is 5.92. The van der Waals surface area contributed by atoms with Gasteiger partial charge in [0.1, 0.15) is 0 Å². The summed E-state index contributed by atoms with van der Waals surface area (Å²) in [4.78, 5) is 16.0. The Morgan fingerprint density at radius 2 is 1.48 bits per heavy atom. The molecule has 0 unspecified atom stereocenters. The van der Waals surface area contributed by atoms with Crippen LogP contribution in [0.1, 0.15) is 94.6 Å². The molecule has 120 valence electrons. The van der Waals surface area contributed by atoms with Crippen molar-refractivity contribution in [3.63, 3.8) is 0 Å². The number of rotatable bonds is 13. The molecule has 0 fully saturated rings. The van der Waals surface area contributed by atoms with Gasteiger partial charge in [0.15, 0.2) is 11.6 Å². The first kappa shape index (κ1) is 17.9. The molecule has 3 nitrogen and oxygen atoms in total. The molecule has 0 aliphatic heterocycles. The van der Waals surface area contributed by atoms with E-state index in [1.165, 1.54) is 64.2 Å². The molecule has 1 heterocycles. The number of imidazole rings is 1. The van der Waals surface area contributed by atoms with Gasteiger partial charge < -0.3 is 4.57 Å². The highest BCUT2D eigenvalue weighted by Crippen LogP contribution is 2.12. The van der Waals surface area contributed by atoms with E-state index < -0.39 is 0 Å². The Labute approximate surface area is 130 Å². The fraction of sp³-hybridized carbons (Fsp3) is 0.778. The zero-order valence-electron chi connectivity index (χ0n) is 13.9. The molecule has 0 radical (unpaired) electrons. The third kappa shape index (κ3) is 8.03. The van der Waals surface area contributed by atoms with E-state index in [0.717, 1.165) is 6.42 Å². The summed E-state index contributed by atoms with van der Waals surface area (Å²) in [6.07, 6.45) is 18.6. The Balaban J connectivity index is 1.89. The molecule has 0 N–H and O–H groups in total. The summed E-state index contributed by atoms with van der Waals surface area (Å²) in [5.74, 6) is 0.778. The quantitative estimate of drug-likeness (QED) is 0.365. The molecule has 0 atom stereocenters. The second kappa shape index (κ2) is 11.5. The third-order valence-corrected chi connectivity index (χ3v) is 4.08. The maximum Gasteiger partial charge on any atom is 0.198 e. The molecule has 3 heteroatoms. The highest BCUT2D eigenvalue weighted by atomic mass is 16.1. The van der Waals surface area contributed by atoms with Crippen LogP contribution in [0.25, 0.3) is 0 Å². The first-order chi connectivity index (χ1) is 10.3. The van der Waals surface area contributed by atoms with Gasteiger partial charge in [0.05, 0.1) is 0 Å². The number of aromatic nitrogens is 2. The molecule has 1 aromatic rings. The number of nitrogens with zero attached hydrogens (tertiary/aromatic N) is 2. The van der Waals surface area contributed by atoms with Gasteiger partial charge in [-0.1, -0.05) is 71.1 Å². The maximum atomic E-state index is 11.9. The van der Waals surface area contributed by atoms with E-state index in [1.54, 1.807) is 10.8 Å². The minimum atomic E-state index is 0.179. The molecule has 21 heavy (non-hydrogen) atoms. The van der Waals surface area contributed by atoms with Crippen molar-refractivity contribution >= 4 is 5.78 Å². The van der Waals surface area contributed by atoms with Crippen molar-refractivity contribution in [2.24, 2.45) is 7.05 Å². The lowest BCUT2D eigenvalue weighted by Crippen LogP contribution is -2.06. The van der Waals surface area contributed by atoms with Crippen molar-refractivity contribution in [1.82, 2.24) is 9.55 Å². The number of hydrogen-bond acceptors (Lipinski definition) is 2. The Morgan fingerprint density at radius 1 is 0.952 bits per heavy atom. The summed E-state index contributed by atoms with van der Waals surface area (Å²) in [7, 11) is 1.88. The predicted molar refractivity (Wildman–Crippen MR) is 88.6 cm³/mol. The lowest BCUT2D eigenvalue weighted by atomic mass is 10.0. The third-order valence-electron chi connectivity index (χ3n) is 4.08. The van der Waals surface area contributed by atoms with Crippen LogP contribution < -0.4 is 0 Å². The van der Waals surface area contributed by atoms with Crippen LogP contribution in [-0.4, -0.2) is 15.3 Å². The van der Waals surface area contributed by atoms with Gasteiger partial charge in [0.25, 0.3) is 0 Å². The summed E-state index contributed by atoms with van der Waals surface area (Å²) in [6, 6.07) is 0. The molecular weight excluding hydrogens is 260 g/mol. The molecule has 0 aliphatic rings. The highest BCUT2D eigenvalue weighted by Gasteiger charge is 2.09. The molecule has 0 bridgehead atoms. The Hall–Kier alpha value is -1.12. The Kier molecular flexibility index (Phi) is 9.84. The second-order valence-electron chi connectivity index (χ2n) is 6.07. The number of aryl methyl sites for hydroxylation is 1. The average Bonchev–Trinajstić information content (AvgIpc) is 2.91. The number of unbranched alkanes of at least 4 members (excludes halogenated alkanes) is 10. The van der Waals surface area contributed by atoms with E-state index in [2.05, 4.69) is 11.9 Å². The van der Waals surface area contributed by atoms with Crippen LogP contribution in [0, 0.1) is 0 Å². The van der Waals surface area contributed by atoms with Gasteiger partial charge >= 0.3 is 0 Å². The number of carbonyl (C=O) groups excluding carboxylic acids is 1. The number of Topliss-reactive ketones (excluding diaryl/α,β-unsaturated/α-hetero) is 1. The summed E-state index contributed by atoms with van der Waals surface area (Å²) in [5.41, 5.74) is 0. The fourth-order valence-electron chi connectivity index (χ4n) is 2.70. The molecule has 0 amide bonds. The topological polar surface area (TPSA) is 34.9 Å². The van der Waals surface area contributed by atoms with Crippen molar-refractivity contribution in [2.45, 2.75) is 84.0 Å². The van der Waals surface area contributed by atoms with Crippen LogP contribution in [0.15, 0.2) is 12.4 Å². The van der Waals surface area contributed by atoms with Gasteiger partial charge in [0.2, 0.25) is 0 Å². The molecular formula is C18H32N2O. The minimum absolute atomic E-state index is 0.179. The largest absolute Gasteiger partial charge is 0.332 e. The van der Waals surface area contributed by atoms with E-state index in [9.17, 15) is 4.79 Å². The van der Waals surface area contributed by atoms with Gasteiger partial charge in [-0.25, -0.2) is 4.98 Å². The normalized spacial score (nSPS) is 11.0. The zero-order valence-corrected chi connectivity index (χ0v) is 13.9. The smallest absolute Gasteiger partial charge is 0.198 e. The van der Waals surface area contributed by atoms with Gasteiger partial charge in [0, 0.05) is 25.9 Å². The van der Waals surface area contributed by atoms with E-state index in [-0.39, 0.29) is 5.78 Å². The number of hydrogen-bond donors (Lipinski definition) is 0. The molecule has 0 aliphatic carbocycles. The van der Waals surface area contributed by atoms with Crippen molar-refractivity contribution in [2.75, 3.05) is 0 Å². The van der Waals surface area contributed by atoms with Crippen LogP contribution in [0.3, 0.4) is 0 Å². The van der Waals surface area contributed by atoms with Crippen molar-refractivity contribution in [3.8, 4) is 0 Å². The van der Waals surface area contributed by atoms with Crippen LogP contribution in [0.2, 0.25) is 0 Å². The van der Waals surface area contributed by atoms with Gasteiger partial charge in [-0.3, -0.25) is 4.79 Å². The molecule has 0 aromatic carbocycles. The lowest BCUT2D eigenvalue weighted by Gasteiger charge is -2.03. The van der Waals surface area contributed by atoms with Crippen LogP contribution >= 0.6 is 0 Å². The van der Waals surface area contributed by atoms with Crippen LogP contribution in [0.4, 0.5) is 0 Å². The molecule has 0 saturated carbocycles. The summed E-state index contributed by atoms with van der Waals surface area (Å²) in [6.45, 7) is 2.26. The Morgan fingerprint density at radius 3 is 1.95 bits per heavy atom. The van der Waals surface area contributed by atoms with Crippen molar-refractivity contribution in [1.29, 1.82) is 0 Å². The first-order valence-corrected chi connectivity index (χ1v) is 8.76. The van der Waals surface area contributed by atoms with E-state index >= 15 is 0 Å². The molecule has 1 aromatic heterocycles. The summed E-state index contributed by atoms with van der Waals surface area (Å²) >= 11 is 0. The standard InChI is InChI=1S/C18H32N2O/c1-3-4-5-6-7-8-9-10-11-12-13-14-17(21)18-19-15-16-20(18)2/h15-16H,3-14H2,1-2H3.